The molecule has 164 valence electrons. The van der Waals surface area contributed by atoms with Gasteiger partial charge in [0.05, 0.1) is 18.2 Å². The molecule has 4 saturated carbocycles. The smallest absolute Gasteiger partial charge is 0.341 e. The van der Waals surface area contributed by atoms with Gasteiger partial charge in [0, 0.05) is 17.1 Å². The minimum atomic E-state index is -0.296. The van der Waals surface area contributed by atoms with E-state index in [9.17, 15) is 4.79 Å². The third-order valence-electron chi connectivity index (χ3n) is 7.86. The molecule has 0 aromatic carbocycles. The molecule has 31 heavy (non-hydrogen) atoms. The van der Waals surface area contributed by atoms with Crippen LogP contribution in [0.1, 0.15) is 65.7 Å². The van der Waals surface area contributed by atoms with Crippen LogP contribution in [-0.4, -0.2) is 28.0 Å². The van der Waals surface area contributed by atoms with Gasteiger partial charge in [0.15, 0.2) is 10.9 Å². The van der Waals surface area contributed by atoms with Gasteiger partial charge in [-0.15, -0.1) is 11.3 Å². The van der Waals surface area contributed by atoms with Gasteiger partial charge in [-0.3, -0.25) is 4.68 Å². The third-order valence-corrected chi connectivity index (χ3v) is 9.27. The van der Waals surface area contributed by atoms with Crippen LogP contribution in [-0.2, 0) is 23.1 Å². The number of hydrogen-bond donors (Lipinski definition) is 2. The van der Waals surface area contributed by atoms with Crippen LogP contribution in [0.15, 0.2) is 12.3 Å². The molecule has 5 aliphatic rings. The van der Waals surface area contributed by atoms with E-state index < -0.39 is 0 Å². The summed E-state index contributed by atoms with van der Waals surface area (Å²) in [6.07, 6.45) is 13.2. The second kappa shape index (κ2) is 7.30. The molecule has 2 N–H and O–H groups in total. The van der Waals surface area contributed by atoms with E-state index in [1.165, 1.54) is 50.5 Å². The van der Waals surface area contributed by atoms with Crippen molar-refractivity contribution in [2.24, 2.45) is 17.8 Å². The molecule has 8 heteroatoms. The average molecular weight is 457 g/mol. The Bertz CT molecular complexity index is 1020. The number of carbonyl (C=O) groups excluding carboxylic acids is 1. The largest absolute Gasteiger partial charge is 0.465 e. The molecule has 2 heterocycles. The SMILES string of the molecule is COC(=O)c1c(NC(=S)Nc2ccn(C34CC5CC(CC(C5)C3)C4)n2)sc2c1CCC2. The topological polar surface area (TPSA) is 68.2 Å². The zero-order chi connectivity index (χ0) is 21.2. The van der Waals surface area contributed by atoms with Crippen LogP contribution in [0, 0.1) is 17.8 Å². The van der Waals surface area contributed by atoms with Gasteiger partial charge in [0.2, 0.25) is 0 Å². The maximum Gasteiger partial charge on any atom is 0.341 e. The van der Waals surface area contributed by atoms with Gasteiger partial charge in [-0.1, -0.05) is 0 Å². The predicted molar refractivity (Wildman–Crippen MR) is 126 cm³/mol. The summed E-state index contributed by atoms with van der Waals surface area (Å²) < 4.78 is 7.25. The summed E-state index contributed by atoms with van der Waals surface area (Å²) in [6, 6.07) is 2.02. The molecule has 6 nitrogen and oxygen atoms in total. The summed E-state index contributed by atoms with van der Waals surface area (Å²) in [5.74, 6) is 3.11. The number of esters is 1. The Labute approximate surface area is 191 Å². The molecule has 2 aromatic heterocycles. The first-order valence-electron chi connectivity index (χ1n) is 11.4. The van der Waals surface area contributed by atoms with Gasteiger partial charge in [-0.2, -0.15) is 5.10 Å². The van der Waals surface area contributed by atoms with E-state index >= 15 is 0 Å². The average Bonchev–Trinajstić information content (AvgIpc) is 3.43. The Morgan fingerprint density at radius 3 is 2.58 bits per heavy atom. The predicted octanol–water partition coefficient (Wildman–Crippen LogP) is 4.95. The van der Waals surface area contributed by atoms with Crippen LogP contribution in [0.5, 0.6) is 0 Å². The van der Waals surface area contributed by atoms with Crippen molar-refractivity contribution in [2.45, 2.75) is 63.3 Å². The summed E-state index contributed by atoms with van der Waals surface area (Å²) in [5, 5.41) is 12.6. The minimum absolute atomic E-state index is 0.205. The van der Waals surface area contributed by atoms with Crippen LogP contribution in [0.4, 0.5) is 10.8 Å². The zero-order valence-electron chi connectivity index (χ0n) is 17.8. The summed E-state index contributed by atoms with van der Waals surface area (Å²) >= 11 is 7.18. The Hall–Kier alpha value is -1.93. The van der Waals surface area contributed by atoms with E-state index in [2.05, 4.69) is 21.5 Å². The van der Waals surface area contributed by atoms with Crippen LogP contribution >= 0.6 is 23.6 Å². The fraction of sp³-hybridized carbons (Fsp3) is 0.609. The quantitative estimate of drug-likeness (QED) is 0.501. The Balaban J connectivity index is 1.18. The lowest BCUT2D eigenvalue weighted by Gasteiger charge is -2.56. The Morgan fingerprint density at radius 1 is 1.19 bits per heavy atom. The highest BCUT2D eigenvalue weighted by atomic mass is 32.1. The van der Waals surface area contributed by atoms with Crippen LogP contribution in [0.25, 0.3) is 0 Å². The van der Waals surface area contributed by atoms with E-state index in [1.807, 2.05) is 6.07 Å². The number of thiophene rings is 1. The number of fused-ring (bicyclic) bond motifs is 1. The highest BCUT2D eigenvalue weighted by Crippen LogP contribution is 2.58. The number of aromatic nitrogens is 2. The van der Waals surface area contributed by atoms with Crippen molar-refractivity contribution in [3.63, 3.8) is 0 Å². The molecule has 4 fully saturated rings. The number of carbonyl (C=O) groups is 1. The van der Waals surface area contributed by atoms with Gasteiger partial charge in [-0.05, 0) is 93.3 Å². The van der Waals surface area contributed by atoms with Crippen molar-refractivity contribution in [3.8, 4) is 0 Å². The van der Waals surface area contributed by atoms with Crippen LogP contribution in [0.3, 0.4) is 0 Å². The standard InChI is InChI=1S/C23H28N4O2S2/c1-29-21(28)19-16-3-2-4-17(16)31-20(19)25-22(30)24-18-5-6-27(26-18)23-10-13-7-14(11-23)9-15(8-13)12-23/h5-6,13-15H,2-4,7-12H2,1H3,(H2,24,25,26,30). The lowest BCUT2D eigenvalue weighted by Crippen LogP contribution is -2.52. The summed E-state index contributed by atoms with van der Waals surface area (Å²) in [7, 11) is 1.43. The highest BCUT2D eigenvalue weighted by Gasteiger charge is 2.52. The first-order chi connectivity index (χ1) is 15.0. The van der Waals surface area contributed by atoms with Gasteiger partial charge >= 0.3 is 5.97 Å². The number of aryl methyl sites for hydroxylation is 1. The van der Waals surface area contributed by atoms with E-state index in [4.69, 9.17) is 22.1 Å². The first-order valence-corrected chi connectivity index (χ1v) is 12.6. The van der Waals surface area contributed by atoms with Gasteiger partial charge in [0.1, 0.15) is 5.00 Å². The number of nitrogens with one attached hydrogen (secondary N) is 2. The van der Waals surface area contributed by atoms with Crippen molar-refractivity contribution >= 4 is 45.5 Å². The van der Waals surface area contributed by atoms with E-state index in [1.54, 1.807) is 11.3 Å². The molecule has 0 aliphatic heterocycles. The third kappa shape index (κ3) is 3.30. The first kappa shape index (κ1) is 19.7. The monoisotopic (exact) mass is 456 g/mol. The molecule has 0 spiro atoms. The molecule has 0 atom stereocenters. The van der Waals surface area contributed by atoms with Crippen molar-refractivity contribution in [1.82, 2.24) is 9.78 Å². The van der Waals surface area contributed by atoms with Gasteiger partial charge in [-0.25, -0.2) is 4.79 Å². The number of rotatable bonds is 4. The zero-order valence-corrected chi connectivity index (χ0v) is 19.4. The van der Waals surface area contributed by atoms with E-state index in [-0.39, 0.29) is 11.5 Å². The highest BCUT2D eigenvalue weighted by molar-refractivity contribution is 7.80. The number of nitrogens with zero attached hydrogens (tertiary/aromatic N) is 2. The Morgan fingerprint density at radius 2 is 1.90 bits per heavy atom. The van der Waals surface area contributed by atoms with Crippen molar-refractivity contribution in [2.75, 3.05) is 17.7 Å². The summed E-state index contributed by atoms with van der Waals surface area (Å²) in [5.41, 5.74) is 1.97. The number of ether oxygens (including phenoxy) is 1. The fourth-order valence-corrected chi connectivity index (χ4v) is 8.61. The summed E-state index contributed by atoms with van der Waals surface area (Å²) in [6.45, 7) is 0. The van der Waals surface area contributed by atoms with Crippen molar-refractivity contribution in [3.05, 3.63) is 28.3 Å². The molecule has 0 saturated heterocycles. The summed E-state index contributed by atoms with van der Waals surface area (Å²) in [4.78, 5) is 13.6. The second-order valence-electron chi connectivity index (χ2n) is 9.92. The lowest BCUT2D eigenvalue weighted by atomic mass is 9.53. The molecular weight excluding hydrogens is 428 g/mol. The van der Waals surface area contributed by atoms with Gasteiger partial charge in [0.25, 0.3) is 0 Å². The van der Waals surface area contributed by atoms with E-state index in [0.29, 0.717) is 10.7 Å². The molecule has 7 rings (SSSR count). The van der Waals surface area contributed by atoms with Crippen molar-refractivity contribution < 1.29 is 9.53 Å². The van der Waals surface area contributed by atoms with Crippen LogP contribution < -0.4 is 10.6 Å². The molecule has 0 radical (unpaired) electrons. The normalized spacial score (nSPS) is 30.3. The van der Waals surface area contributed by atoms with Crippen LogP contribution in [0.2, 0.25) is 0 Å². The maximum absolute atomic E-state index is 12.4. The molecule has 0 amide bonds. The molecule has 2 aromatic rings. The molecule has 4 bridgehead atoms. The number of hydrogen-bond acceptors (Lipinski definition) is 5. The second-order valence-corrected chi connectivity index (χ2v) is 11.4. The number of methoxy groups -OCH3 is 1. The maximum atomic E-state index is 12.4. The fourth-order valence-electron chi connectivity index (χ4n) is 7.06. The Kier molecular flexibility index (Phi) is 4.65. The van der Waals surface area contributed by atoms with Crippen molar-refractivity contribution in [1.29, 1.82) is 0 Å². The molecular formula is C23H28N4O2S2. The number of anilines is 2. The number of thiocarbonyl (C=S) groups is 1. The molecule has 0 unspecified atom stereocenters. The van der Waals surface area contributed by atoms with E-state index in [0.717, 1.165) is 53.4 Å². The lowest BCUT2D eigenvalue weighted by molar-refractivity contribution is -0.0492. The molecule has 5 aliphatic carbocycles. The van der Waals surface area contributed by atoms with Gasteiger partial charge < -0.3 is 15.4 Å². The minimum Gasteiger partial charge on any atom is -0.465 e.